The summed E-state index contributed by atoms with van der Waals surface area (Å²) >= 11 is 0. The molecule has 1 saturated heterocycles. The van der Waals surface area contributed by atoms with Crippen LogP contribution in [0.5, 0.6) is 0 Å². The molecule has 6 heteroatoms. The normalized spacial score (nSPS) is 19.2. The Bertz CT molecular complexity index is 481. The van der Waals surface area contributed by atoms with Crippen molar-refractivity contribution in [3.8, 4) is 0 Å². The van der Waals surface area contributed by atoms with E-state index in [1.807, 2.05) is 26.8 Å². The largest absolute Gasteiger partial charge is 0.444 e. The average molecular weight is 292 g/mol. The number of nitrogens with zero attached hydrogens (tertiary/aromatic N) is 2. The van der Waals surface area contributed by atoms with E-state index in [1.165, 1.54) is 0 Å². The van der Waals surface area contributed by atoms with Crippen LogP contribution >= 0.6 is 0 Å². The van der Waals surface area contributed by atoms with Crippen molar-refractivity contribution in [1.82, 2.24) is 10.3 Å². The average Bonchev–Trinajstić information content (AvgIpc) is 2.37. The lowest BCUT2D eigenvalue weighted by atomic mass is 10.1. The van der Waals surface area contributed by atoms with E-state index in [-0.39, 0.29) is 12.1 Å². The van der Waals surface area contributed by atoms with Gasteiger partial charge < -0.3 is 20.7 Å². The van der Waals surface area contributed by atoms with E-state index < -0.39 is 5.60 Å². The van der Waals surface area contributed by atoms with Crippen molar-refractivity contribution in [3.63, 3.8) is 0 Å². The summed E-state index contributed by atoms with van der Waals surface area (Å²) in [5, 5.41) is 2.94. The zero-order chi connectivity index (χ0) is 15.5. The number of amides is 1. The second-order valence-electron chi connectivity index (χ2n) is 6.37. The summed E-state index contributed by atoms with van der Waals surface area (Å²) in [6, 6.07) is 3.84. The Morgan fingerprint density at radius 3 is 2.86 bits per heavy atom. The van der Waals surface area contributed by atoms with Crippen molar-refractivity contribution in [3.05, 3.63) is 18.3 Å². The molecule has 1 aromatic heterocycles. The first-order valence-corrected chi connectivity index (χ1v) is 7.29. The molecular formula is C15H24N4O2. The van der Waals surface area contributed by atoms with Crippen LogP contribution in [0.2, 0.25) is 0 Å². The number of nitrogens with two attached hydrogens (primary N) is 1. The fourth-order valence-electron chi connectivity index (χ4n) is 2.39. The SMILES string of the molecule is CC(C)(C)OC(=O)N[C@H]1CCCN(c2ccc(N)nc2)C1. The highest BCUT2D eigenvalue weighted by Gasteiger charge is 2.24. The molecule has 0 radical (unpaired) electrons. The molecule has 1 aromatic rings. The second-order valence-corrected chi connectivity index (χ2v) is 6.37. The zero-order valence-corrected chi connectivity index (χ0v) is 12.9. The Morgan fingerprint density at radius 2 is 2.24 bits per heavy atom. The summed E-state index contributed by atoms with van der Waals surface area (Å²) < 4.78 is 5.30. The van der Waals surface area contributed by atoms with Gasteiger partial charge in [0.1, 0.15) is 11.4 Å². The Kier molecular flexibility index (Phi) is 4.55. The maximum atomic E-state index is 11.8. The molecule has 1 aliphatic heterocycles. The molecule has 0 saturated carbocycles. The van der Waals surface area contributed by atoms with Crippen LogP contribution in [0.4, 0.5) is 16.3 Å². The highest BCUT2D eigenvalue weighted by molar-refractivity contribution is 5.68. The lowest BCUT2D eigenvalue weighted by Crippen LogP contribution is -2.49. The monoisotopic (exact) mass is 292 g/mol. The van der Waals surface area contributed by atoms with E-state index in [2.05, 4.69) is 15.2 Å². The van der Waals surface area contributed by atoms with Gasteiger partial charge in [0.05, 0.1) is 11.9 Å². The number of hydrogen-bond donors (Lipinski definition) is 2. The Hall–Kier alpha value is -1.98. The third kappa shape index (κ3) is 4.81. The number of carbonyl (C=O) groups excluding carboxylic acids is 1. The van der Waals surface area contributed by atoms with Crippen LogP contribution in [-0.2, 0) is 4.74 Å². The number of alkyl carbamates (subject to hydrolysis) is 1. The lowest BCUT2D eigenvalue weighted by Gasteiger charge is -2.34. The van der Waals surface area contributed by atoms with E-state index in [1.54, 1.807) is 12.3 Å². The molecule has 0 spiro atoms. The topological polar surface area (TPSA) is 80.5 Å². The number of rotatable bonds is 2. The van der Waals surface area contributed by atoms with Crippen LogP contribution < -0.4 is 16.0 Å². The van der Waals surface area contributed by atoms with Crippen molar-refractivity contribution < 1.29 is 9.53 Å². The number of carbonyl (C=O) groups is 1. The summed E-state index contributed by atoms with van der Waals surface area (Å²) in [5.41, 5.74) is 6.16. The predicted octanol–water partition coefficient (Wildman–Crippen LogP) is 2.16. The number of aromatic nitrogens is 1. The molecule has 6 nitrogen and oxygen atoms in total. The van der Waals surface area contributed by atoms with E-state index >= 15 is 0 Å². The Labute approximate surface area is 125 Å². The molecule has 1 amide bonds. The minimum absolute atomic E-state index is 0.0890. The first kappa shape index (κ1) is 15.4. The van der Waals surface area contributed by atoms with Crippen molar-refractivity contribution in [2.75, 3.05) is 23.7 Å². The molecule has 1 fully saturated rings. The molecule has 0 aromatic carbocycles. The number of nitrogen functional groups attached to an aromatic ring is 1. The van der Waals surface area contributed by atoms with Crippen molar-refractivity contribution in [1.29, 1.82) is 0 Å². The van der Waals surface area contributed by atoms with Gasteiger partial charge in [0.25, 0.3) is 0 Å². The maximum Gasteiger partial charge on any atom is 0.407 e. The highest BCUT2D eigenvalue weighted by atomic mass is 16.6. The smallest absolute Gasteiger partial charge is 0.407 e. The number of pyridine rings is 1. The quantitative estimate of drug-likeness (QED) is 0.873. The summed E-state index contributed by atoms with van der Waals surface area (Å²) in [7, 11) is 0. The van der Waals surface area contributed by atoms with Gasteiger partial charge in [-0.2, -0.15) is 0 Å². The third-order valence-corrected chi connectivity index (χ3v) is 3.28. The summed E-state index contributed by atoms with van der Waals surface area (Å²) in [5.74, 6) is 0.513. The first-order valence-electron chi connectivity index (χ1n) is 7.29. The van der Waals surface area contributed by atoms with E-state index in [4.69, 9.17) is 10.5 Å². The van der Waals surface area contributed by atoms with Gasteiger partial charge in [0.2, 0.25) is 0 Å². The van der Waals surface area contributed by atoms with Crippen LogP contribution in [0.3, 0.4) is 0 Å². The number of piperidine rings is 1. The summed E-state index contributed by atoms with van der Waals surface area (Å²) in [6.07, 6.45) is 3.39. The van der Waals surface area contributed by atoms with Crippen LogP contribution in [0.1, 0.15) is 33.6 Å². The van der Waals surface area contributed by atoms with Crippen molar-refractivity contribution in [2.24, 2.45) is 0 Å². The molecule has 116 valence electrons. The van der Waals surface area contributed by atoms with Crippen LogP contribution in [0.25, 0.3) is 0 Å². The van der Waals surface area contributed by atoms with Crippen LogP contribution in [0.15, 0.2) is 18.3 Å². The van der Waals surface area contributed by atoms with Gasteiger partial charge >= 0.3 is 6.09 Å². The van der Waals surface area contributed by atoms with Gasteiger partial charge in [-0.05, 0) is 45.7 Å². The third-order valence-electron chi connectivity index (χ3n) is 3.28. The van der Waals surface area contributed by atoms with Gasteiger partial charge in [0.15, 0.2) is 0 Å². The van der Waals surface area contributed by atoms with E-state index in [0.29, 0.717) is 5.82 Å². The van der Waals surface area contributed by atoms with Gasteiger partial charge in [-0.1, -0.05) is 0 Å². The fraction of sp³-hybridized carbons (Fsp3) is 0.600. The zero-order valence-electron chi connectivity index (χ0n) is 12.9. The molecule has 21 heavy (non-hydrogen) atoms. The molecule has 0 bridgehead atoms. The van der Waals surface area contributed by atoms with Crippen molar-refractivity contribution in [2.45, 2.75) is 45.3 Å². The number of ether oxygens (including phenoxy) is 1. The lowest BCUT2D eigenvalue weighted by molar-refractivity contribution is 0.0500. The fourth-order valence-corrected chi connectivity index (χ4v) is 2.39. The Balaban J connectivity index is 1.91. The van der Waals surface area contributed by atoms with Gasteiger partial charge in [-0.15, -0.1) is 0 Å². The van der Waals surface area contributed by atoms with Gasteiger partial charge in [-0.25, -0.2) is 9.78 Å². The van der Waals surface area contributed by atoms with Gasteiger partial charge in [0, 0.05) is 19.1 Å². The number of nitrogens with one attached hydrogen (secondary N) is 1. The van der Waals surface area contributed by atoms with Gasteiger partial charge in [-0.3, -0.25) is 0 Å². The number of anilines is 2. The van der Waals surface area contributed by atoms with Crippen LogP contribution in [-0.4, -0.2) is 35.8 Å². The molecule has 1 aliphatic rings. The predicted molar refractivity (Wildman–Crippen MR) is 83.3 cm³/mol. The molecule has 2 heterocycles. The molecular weight excluding hydrogens is 268 g/mol. The minimum Gasteiger partial charge on any atom is -0.444 e. The summed E-state index contributed by atoms with van der Waals surface area (Å²) in [6.45, 7) is 7.29. The summed E-state index contributed by atoms with van der Waals surface area (Å²) in [4.78, 5) is 18.2. The molecule has 0 aliphatic carbocycles. The minimum atomic E-state index is -0.473. The maximum absolute atomic E-state index is 11.8. The molecule has 2 rings (SSSR count). The number of hydrogen-bond acceptors (Lipinski definition) is 5. The van der Waals surface area contributed by atoms with Crippen molar-refractivity contribution >= 4 is 17.6 Å². The first-order chi connectivity index (χ1) is 9.83. The molecule has 0 unspecified atom stereocenters. The van der Waals surface area contributed by atoms with E-state index in [0.717, 1.165) is 31.6 Å². The van der Waals surface area contributed by atoms with Crippen LogP contribution in [0, 0.1) is 0 Å². The second kappa shape index (κ2) is 6.20. The standard InChI is InChI=1S/C15H24N4O2/c1-15(2,3)21-14(20)18-11-5-4-8-19(10-11)12-6-7-13(16)17-9-12/h6-7,9,11H,4-5,8,10H2,1-3H3,(H2,16,17)(H,18,20)/t11-/m0/s1. The highest BCUT2D eigenvalue weighted by Crippen LogP contribution is 2.20. The van der Waals surface area contributed by atoms with E-state index in [9.17, 15) is 4.79 Å². The molecule has 3 N–H and O–H groups in total. The Morgan fingerprint density at radius 1 is 1.48 bits per heavy atom. The molecule has 1 atom stereocenters.